The lowest BCUT2D eigenvalue weighted by Crippen LogP contribution is -2.21. The van der Waals surface area contributed by atoms with Crippen molar-refractivity contribution in [3.05, 3.63) is 24.3 Å². The van der Waals surface area contributed by atoms with E-state index in [2.05, 4.69) is 10.4 Å². The van der Waals surface area contributed by atoms with Crippen molar-refractivity contribution < 1.29 is 22.7 Å². The van der Waals surface area contributed by atoms with Crippen LogP contribution < -0.4 is 10.1 Å². The van der Waals surface area contributed by atoms with Gasteiger partial charge in [-0.1, -0.05) is 0 Å². The molecular formula is C14H19N3O5S. The third kappa shape index (κ3) is 6.47. The van der Waals surface area contributed by atoms with Crippen LogP contribution in [0.4, 0.5) is 5.69 Å². The second-order valence-corrected chi connectivity index (χ2v) is 6.29. The summed E-state index contributed by atoms with van der Waals surface area (Å²) in [5.41, 5.74) is 0.764. The third-order valence-corrected chi connectivity index (χ3v) is 3.77. The highest BCUT2D eigenvalue weighted by Crippen LogP contribution is 2.14. The van der Waals surface area contributed by atoms with E-state index in [0.717, 1.165) is 0 Å². The summed E-state index contributed by atoms with van der Waals surface area (Å²) in [6.07, 6.45) is -0.0994. The number of hydrazone groups is 1. The minimum Gasteiger partial charge on any atom is -0.466 e. The highest BCUT2D eigenvalue weighted by atomic mass is 32.2. The number of hydrogen-bond donors (Lipinski definition) is 2. The topological polar surface area (TPSA) is 114 Å². The third-order valence-electron chi connectivity index (χ3n) is 2.55. The fourth-order valence-corrected chi connectivity index (χ4v) is 2.45. The van der Waals surface area contributed by atoms with E-state index in [4.69, 9.17) is 4.74 Å². The van der Waals surface area contributed by atoms with Crippen molar-refractivity contribution in [2.75, 3.05) is 11.9 Å². The van der Waals surface area contributed by atoms with E-state index in [-0.39, 0.29) is 29.5 Å². The number of sulfonamides is 1. The molecule has 1 rings (SSSR count). The molecule has 0 bridgehead atoms. The number of anilines is 1. The molecule has 9 heteroatoms. The van der Waals surface area contributed by atoms with Gasteiger partial charge in [-0.3, -0.25) is 9.59 Å². The number of hydrogen-bond acceptors (Lipinski definition) is 6. The number of ether oxygens (including phenoxy) is 1. The minimum absolute atomic E-state index is 0.0145. The Morgan fingerprint density at radius 2 is 1.78 bits per heavy atom. The maximum atomic E-state index is 12.1. The zero-order chi connectivity index (χ0) is 17.5. The second-order valence-electron chi connectivity index (χ2n) is 4.63. The number of carbonyl (C=O) groups excluding carboxylic acids is 2. The molecule has 0 aromatic heterocycles. The smallest absolute Gasteiger partial charge is 0.311 e. The number of nitrogens with one attached hydrogen (secondary N) is 2. The first-order chi connectivity index (χ1) is 10.7. The largest absolute Gasteiger partial charge is 0.466 e. The molecule has 0 radical (unpaired) electrons. The van der Waals surface area contributed by atoms with E-state index < -0.39 is 16.0 Å². The lowest BCUT2D eigenvalue weighted by atomic mass is 10.3. The summed E-state index contributed by atoms with van der Waals surface area (Å²) >= 11 is 0. The van der Waals surface area contributed by atoms with Crippen molar-refractivity contribution in [1.82, 2.24) is 4.83 Å². The molecular weight excluding hydrogens is 322 g/mol. The Kier molecular flexibility index (Phi) is 6.70. The zero-order valence-electron chi connectivity index (χ0n) is 13.1. The van der Waals surface area contributed by atoms with Crippen LogP contribution in [-0.2, 0) is 24.3 Å². The summed E-state index contributed by atoms with van der Waals surface area (Å²) in [4.78, 5) is 24.2. The van der Waals surface area contributed by atoms with Crippen LogP contribution in [0, 0.1) is 0 Å². The van der Waals surface area contributed by atoms with Crippen LogP contribution in [0.2, 0.25) is 0 Å². The van der Waals surface area contributed by atoms with Gasteiger partial charge in [0.2, 0.25) is 5.91 Å². The molecule has 0 atom stereocenters. The van der Waals surface area contributed by atoms with Gasteiger partial charge in [-0.2, -0.15) is 13.5 Å². The molecule has 1 aromatic rings. The highest BCUT2D eigenvalue weighted by molar-refractivity contribution is 7.89. The molecule has 8 nitrogen and oxygen atoms in total. The van der Waals surface area contributed by atoms with E-state index in [1.807, 2.05) is 4.83 Å². The molecule has 126 valence electrons. The first kappa shape index (κ1) is 18.6. The summed E-state index contributed by atoms with van der Waals surface area (Å²) in [6, 6.07) is 5.60. The van der Waals surface area contributed by atoms with Gasteiger partial charge in [0, 0.05) is 18.3 Å². The van der Waals surface area contributed by atoms with Gasteiger partial charge in [-0.05, 0) is 38.1 Å². The summed E-state index contributed by atoms with van der Waals surface area (Å²) in [6.45, 7) is 4.79. The van der Waals surface area contributed by atoms with Crippen molar-refractivity contribution >= 4 is 33.3 Å². The number of rotatable bonds is 7. The molecule has 0 aliphatic rings. The molecule has 1 amide bonds. The van der Waals surface area contributed by atoms with Gasteiger partial charge in [0.05, 0.1) is 17.9 Å². The molecule has 0 saturated heterocycles. The lowest BCUT2D eigenvalue weighted by Gasteiger charge is -2.07. The van der Waals surface area contributed by atoms with E-state index in [1.54, 1.807) is 6.92 Å². The van der Waals surface area contributed by atoms with Crippen LogP contribution in [0.1, 0.15) is 27.2 Å². The van der Waals surface area contributed by atoms with Crippen molar-refractivity contribution in [3.8, 4) is 0 Å². The molecule has 1 aromatic carbocycles. The van der Waals surface area contributed by atoms with Crippen LogP contribution in [-0.4, -0.2) is 32.6 Å². The SMILES string of the molecule is CCOC(=O)CC(C)=NNS(=O)(=O)c1ccc(NC(C)=O)cc1. The Bertz CT molecular complexity index is 696. The first-order valence-electron chi connectivity index (χ1n) is 6.83. The predicted octanol–water partition coefficient (Wildman–Crippen LogP) is 1.25. The van der Waals surface area contributed by atoms with Crippen LogP contribution in [0.25, 0.3) is 0 Å². The monoisotopic (exact) mass is 341 g/mol. The summed E-state index contributed by atoms with van der Waals surface area (Å²) in [7, 11) is -3.85. The number of carbonyl (C=O) groups is 2. The van der Waals surface area contributed by atoms with Crippen LogP contribution in [0.3, 0.4) is 0 Å². The fraction of sp³-hybridized carbons (Fsp3) is 0.357. The average Bonchev–Trinajstić information content (AvgIpc) is 2.45. The highest BCUT2D eigenvalue weighted by Gasteiger charge is 2.13. The summed E-state index contributed by atoms with van der Waals surface area (Å²) in [5.74, 6) is -0.731. The van der Waals surface area contributed by atoms with Gasteiger partial charge in [0.1, 0.15) is 0 Å². The van der Waals surface area contributed by atoms with Crippen molar-refractivity contribution in [3.63, 3.8) is 0 Å². The number of benzene rings is 1. The van der Waals surface area contributed by atoms with E-state index in [0.29, 0.717) is 5.69 Å². The standard InChI is InChI=1S/C14H19N3O5S/c1-4-22-14(19)9-10(2)16-17-23(20,21)13-7-5-12(6-8-13)15-11(3)18/h5-8,17H,4,9H2,1-3H3,(H,15,18). The maximum absolute atomic E-state index is 12.1. The first-order valence-corrected chi connectivity index (χ1v) is 8.31. The number of nitrogens with zero attached hydrogens (tertiary/aromatic N) is 1. The van der Waals surface area contributed by atoms with E-state index >= 15 is 0 Å². The molecule has 23 heavy (non-hydrogen) atoms. The Morgan fingerprint density at radius 1 is 1.17 bits per heavy atom. The van der Waals surface area contributed by atoms with Gasteiger partial charge in [-0.15, -0.1) is 0 Å². The van der Waals surface area contributed by atoms with Gasteiger partial charge < -0.3 is 10.1 Å². The maximum Gasteiger partial charge on any atom is 0.311 e. The molecule has 0 heterocycles. The zero-order valence-corrected chi connectivity index (χ0v) is 13.9. The number of esters is 1. The van der Waals surface area contributed by atoms with Crippen LogP contribution in [0.5, 0.6) is 0 Å². The Morgan fingerprint density at radius 3 is 2.30 bits per heavy atom. The van der Waals surface area contributed by atoms with Crippen molar-refractivity contribution in [2.45, 2.75) is 32.1 Å². The van der Waals surface area contributed by atoms with Crippen molar-refractivity contribution in [2.24, 2.45) is 5.10 Å². The van der Waals surface area contributed by atoms with Gasteiger partial charge in [0.25, 0.3) is 10.0 Å². The van der Waals surface area contributed by atoms with Gasteiger partial charge >= 0.3 is 5.97 Å². The molecule has 0 aliphatic heterocycles. The predicted molar refractivity (Wildman–Crippen MR) is 85.4 cm³/mol. The molecule has 0 aliphatic carbocycles. The molecule has 0 unspecified atom stereocenters. The lowest BCUT2D eigenvalue weighted by molar-refractivity contribution is -0.141. The molecule has 0 fully saturated rings. The summed E-state index contributed by atoms with van der Waals surface area (Å²) < 4.78 is 28.9. The minimum atomic E-state index is -3.85. The van der Waals surface area contributed by atoms with Crippen LogP contribution in [0.15, 0.2) is 34.3 Å². The molecule has 2 N–H and O–H groups in total. The van der Waals surface area contributed by atoms with Gasteiger partial charge in [-0.25, -0.2) is 4.83 Å². The van der Waals surface area contributed by atoms with E-state index in [9.17, 15) is 18.0 Å². The Balaban J connectivity index is 2.75. The number of amides is 1. The van der Waals surface area contributed by atoms with Crippen molar-refractivity contribution in [1.29, 1.82) is 0 Å². The normalized spacial score (nSPS) is 11.7. The van der Waals surface area contributed by atoms with Gasteiger partial charge in [0.15, 0.2) is 0 Å². The van der Waals surface area contributed by atoms with E-state index in [1.165, 1.54) is 38.1 Å². The Hall–Kier alpha value is -2.42. The van der Waals surface area contributed by atoms with Crippen LogP contribution >= 0.6 is 0 Å². The average molecular weight is 341 g/mol. The molecule has 0 spiro atoms. The molecule has 0 saturated carbocycles. The second kappa shape index (κ2) is 8.28. The quantitative estimate of drug-likeness (QED) is 0.440. The Labute approximate surface area is 135 Å². The fourth-order valence-electron chi connectivity index (χ4n) is 1.57. The summed E-state index contributed by atoms with van der Waals surface area (Å²) in [5, 5.41) is 6.21.